The van der Waals surface area contributed by atoms with Gasteiger partial charge in [-0.15, -0.1) is 0 Å². The third kappa shape index (κ3) is 3.74. The summed E-state index contributed by atoms with van der Waals surface area (Å²) in [6.07, 6.45) is 2.43. The number of methoxy groups -OCH3 is 1. The Bertz CT molecular complexity index is 592. The number of anilines is 1. The van der Waals surface area contributed by atoms with Crippen molar-refractivity contribution in [1.29, 1.82) is 0 Å². The summed E-state index contributed by atoms with van der Waals surface area (Å²) in [6.45, 7) is 2.34. The van der Waals surface area contributed by atoms with Gasteiger partial charge in [0.05, 0.1) is 13.3 Å². The monoisotopic (exact) mass is 274 g/mol. The lowest BCUT2D eigenvalue weighted by Gasteiger charge is -2.06. The predicted molar refractivity (Wildman–Crippen MR) is 77.8 cm³/mol. The molecular formula is C14H18N4O2. The molecule has 0 fully saturated rings. The van der Waals surface area contributed by atoms with E-state index in [1.165, 1.54) is 0 Å². The van der Waals surface area contributed by atoms with Crippen LogP contribution in [0.5, 0.6) is 5.75 Å². The molecule has 0 spiro atoms. The second kappa shape index (κ2) is 6.60. The number of nitrogens with zero attached hydrogens (tertiary/aromatic N) is 2. The molecule has 0 atom stereocenters. The van der Waals surface area contributed by atoms with E-state index in [0.717, 1.165) is 17.9 Å². The molecule has 1 aromatic carbocycles. The first kappa shape index (κ1) is 13.9. The minimum atomic E-state index is 0.313. The Morgan fingerprint density at radius 1 is 1.50 bits per heavy atom. The summed E-state index contributed by atoms with van der Waals surface area (Å²) >= 11 is 0. The molecule has 6 heteroatoms. The molecule has 0 amide bonds. The van der Waals surface area contributed by atoms with E-state index in [2.05, 4.69) is 15.3 Å². The number of aliphatic imine (C=N–C) groups is 1. The number of nitrogens with one attached hydrogen (secondary N) is 1. The van der Waals surface area contributed by atoms with Gasteiger partial charge in [-0.1, -0.05) is 13.0 Å². The molecule has 0 aliphatic carbocycles. The molecule has 0 aliphatic heterocycles. The maximum absolute atomic E-state index is 5.82. The average Bonchev–Trinajstić information content (AvgIpc) is 2.93. The lowest BCUT2D eigenvalue weighted by molar-refractivity contribution is 0.415. The first-order valence-corrected chi connectivity index (χ1v) is 6.36. The van der Waals surface area contributed by atoms with Crippen LogP contribution in [0.1, 0.15) is 18.6 Å². The Morgan fingerprint density at radius 3 is 3.05 bits per heavy atom. The molecule has 106 valence electrons. The summed E-state index contributed by atoms with van der Waals surface area (Å²) in [7, 11) is 1.62. The first-order valence-electron chi connectivity index (χ1n) is 6.36. The maximum Gasteiger partial charge on any atom is 0.194 e. The van der Waals surface area contributed by atoms with Crippen LogP contribution in [-0.4, -0.2) is 18.1 Å². The van der Waals surface area contributed by atoms with Gasteiger partial charge < -0.3 is 20.2 Å². The number of rotatable bonds is 5. The number of nitrogens with two attached hydrogens (primary N) is 1. The molecule has 6 nitrogen and oxygen atoms in total. The van der Waals surface area contributed by atoms with Gasteiger partial charge in [-0.3, -0.25) is 0 Å². The van der Waals surface area contributed by atoms with Crippen molar-refractivity contribution in [2.45, 2.75) is 19.9 Å². The number of hydrogen-bond donors (Lipinski definition) is 2. The molecule has 0 aliphatic rings. The number of hydrogen-bond acceptors (Lipinski definition) is 4. The highest BCUT2D eigenvalue weighted by Gasteiger charge is 2.02. The first-order chi connectivity index (χ1) is 9.71. The van der Waals surface area contributed by atoms with Crippen molar-refractivity contribution in [2.24, 2.45) is 10.7 Å². The highest BCUT2D eigenvalue weighted by Crippen LogP contribution is 2.16. The fourth-order valence-electron chi connectivity index (χ4n) is 1.64. The van der Waals surface area contributed by atoms with Crippen LogP contribution in [0.2, 0.25) is 0 Å². The average molecular weight is 274 g/mol. The van der Waals surface area contributed by atoms with E-state index < -0.39 is 0 Å². The smallest absolute Gasteiger partial charge is 0.194 e. The number of benzene rings is 1. The van der Waals surface area contributed by atoms with Crippen LogP contribution in [0.4, 0.5) is 5.69 Å². The van der Waals surface area contributed by atoms with E-state index in [9.17, 15) is 0 Å². The molecule has 2 aromatic rings. The van der Waals surface area contributed by atoms with Crippen molar-refractivity contribution >= 4 is 11.6 Å². The van der Waals surface area contributed by atoms with Gasteiger partial charge in [0.25, 0.3) is 0 Å². The molecule has 0 saturated heterocycles. The van der Waals surface area contributed by atoms with Crippen LogP contribution in [0.25, 0.3) is 0 Å². The second-order valence-corrected chi connectivity index (χ2v) is 4.13. The number of ether oxygens (including phenoxy) is 1. The van der Waals surface area contributed by atoms with Crippen LogP contribution >= 0.6 is 0 Å². The van der Waals surface area contributed by atoms with Crippen LogP contribution in [0, 0.1) is 0 Å². The van der Waals surface area contributed by atoms with Gasteiger partial charge in [-0.2, -0.15) is 0 Å². The number of guanidine groups is 1. The summed E-state index contributed by atoms with van der Waals surface area (Å²) < 4.78 is 10.6. The quantitative estimate of drug-likeness (QED) is 0.644. The van der Waals surface area contributed by atoms with Crippen molar-refractivity contribution in [3.05, 3.63) is 42.1 Å². The van der Waals surface area contributed by atoms with E-state index in [0.29, 0.717) is 24.2 Å². The summed E-state index contributed by atoms with van der Waals surface area (Å²) in [6, 6.07) is 7.46. The van der Waals surface area contributed by atoms with E-state index in [1.807, 2.05) is 31.2 Å². The third-order valence-electron chi connectivity index (χ3n) is 2.65. The molecule has 2 rings (SSSR count). The van der Waals surface area contributed by atoms with E-state index >= 15 is 0 Å². The minimum Gasteiger partial charge on any atom is -0.497 e. The standard InChI is InChI=1S/C14H18N4O2/c1-3-13-16-8-12(20-13)9-17-14(15)18-10-5-4-6-11(7-10)19-2/h4-8H,3,9H2,1-2H3,(H3,15,17,18). The highest BCUT2D eigenvalue weighted by molar-refractivity contribution is 5.92. The lowest BCUT2D eigenvalue weighted by Crippen LogP contribution is -2.22. The topological polar surface area (TPSA) is 85.7 Å². The zero-order valence-corrected chi connectivity index (χ0v) is 11.6. The zero-order chi connectivity index (χ0) is 14.4. The van der Waals surface area contributed by atoms with Gasteiger partial charge in [0.15, 0.2) is 11.9 Å². The van der Waals surface area contributed by atoms with Gasteiger partial charge in [0.1, 0.15) is 18.1 Å². The van der Waals surface area contributed by atoms with E-state index in [-0.39, 0.29) is 0 Å². The fourth-order valence-corrected chi connectivity index (χ4v) is 1.64. The molecule has 0 unspecified atom stereocenters. The summed E-state index contributed by atoms with van der Waals surface area (Å²) in [5.41, 5.74) is 6.64. The van der Waals surface area contributed by atoms with E-state index in [4.69, 9.17) is 14.9 Å². The van der Waals surface area contributed by atoms with Crippen molar-refractivity contribution in [3.8, 4) is 5.75 Å². The molecule has 0 saturated carbocycles. The lowest BCUT2D eigenvalue weighted by atomic mass is 10.3. The maximum atomic E-state index is 5.82. The Balaban J connectivity index is 1.96. The SMILES string of the molecule is CCc1ncc(CN=C(N)Nc2cccc(OC)c2)o1. The largest absolute Gasteiger partial charge is 0.497 e. The molecule has 0 bridgehead atoms. The van der Waals surface area contributed by atoms with Gasteiger partial charge in [0.2, 0.25) is 0 Å². The molecule has 3 N–H and O–H groups in total. The number of oxazole rings is 1. The molecule has 20 heavy (non-hydrogen) atoms. The molecular weight excluding hydrogens is 256 g/mol. The van der Waals surface area contributed by atoms with Gasteiger partial charge in [-0.25, -0.2) is 9.98 Å². The van der Waals surface area contributed by atoms with Gasteiger partial charge in [0, 0.05) is 18.2 Å². The second-order valence-electron chi connectivity index (χ2n) is 4.13. The Hall–Kier alpha value is -2.50. The fraction of sp³-hybridized carbons (Fsp3) is 0.286. The van der Waals surface area contributed by atoms with Crippen LogP contribution in [0.3, 0.4) is 0 Å². The number of aryl methyl sites for hydroxylation is 1. The summed E-state index contributed by atoms with van der Waals surface area (Å²) in [5.74, 6) is 2.46. The van der Waals surface area contributed by atoms with E-state index in [1.54, 1.807) is 13.3 Å². The van der Waals surface area contributed by atoms with Crippen LogP contribution in [-0.2, 0) is 13.0 Å². The minimum absolute atomic E-state index is 0.313. The van der Waals surface area contributed by atoms with Crippen molar-refractivity contribution in [2.75, 3.05) is 12.4 Å². The van der Waals surface area contributed by atoms with Crippen molar-refractivity contribution in [3.63, 3.8) is 0 Å². The Labute approximate surface area is 117 Å². The Morgan fingerprint density at radius 2 is 2.35 bits per heavy atom. The molecule has 1 heterocycles. The number of aromatic nitrogens is 1. The Kier molecular flexibility index (Phi) is 4.60. The van der Waals surface area contributed by atoms with Crippen LogP contribution in [0.15, 0.2) is 39.9 Å². The third-order valence-corrected chi connectivity index (χ3v) is 2.65. The van der Waals surface area contributed by atoms with Gasteiger partial charge >= 0.3 is 0 Å². The zero-order valence-electron chi connectivity index (χ0n) is 11.6. The molecule has 0 radical (unpaired) electrons. The van der Waals surface area contributed by atoms with Crippen molar-refractivity contribution < 1.29 is 9.15 Å². The predicted octanol–water partition coefficient (Wildman–Crippen LogP) is 2.17. The molecule has 1 aromatic heterocycles. The van der Waals surface area contributed by atoms with Gasteiger partial charge in [-0.05, 0) is 12.1 Å². The normalized spacial score (nSPS) is 11.4. The highest BCUT2D eigenvalue weighted by atomic mass is 16.5. The van der Waals surface area contributed by atoms with Crippen molar-refractivity contribution in [1.82, 2.24) is 4.98 Å². The summed E-state index contributed by atoms with van der Waals surface area (Å²) in [5, 5.41) is 2.99. The summed E-state index contributed by atoms with van der Waals surface area (Å²) in [4.78, 5) is 8.31. The van der Waals surface area contributed by atoms with Crippen LogP contribution < -0.4 is 15.8 Å².